The third-order valence-electron chi connectivity index (χ3n) is 4.38. The summed E-state index contributed by atoms with van der Waals surface area (Å²) in [5.41, 5.74) is 3.18. The van der Waals surface area contributed by atoms with Gasteiger partial charge in [0.25, 0.3) is 5.22 Å². The van der Waals surface area contributed by atoms with Gasteiger partial charge in [-0.15, -0.1) is 10.2 Å². The number of nitrogens with zero attached hydrogens (tertiary/aromatic N) is 2. The zero-order valence-corrected chi connectivity index (χ0v) is 16.5. The first-order valence-electron chi connectivity index (χ1n) is 8.93. The van der Waals surface area contributed by atoms with E-state index in [1.807, 2.05) is 56.3 Å². The predicted molar refractivity (Wildman–Crippen MR) is 108 cm³/mol. The molecule has 1 aromatic heterocycles. The maximum Gasteiger partial charge on any atom is 0.277 e. The molecular weight excluding hydrogens is 358 g/mol. The van der Waals surface area contributed by atoms with Crippen molar-refractivity contribution in [3.63, 3.8) is 0 Å². The molecule has 0 fully saturated rings. The number of hydrogen-bond donors (Lipinski definition) is 1. The summed E-state index contributed by atoms with van der Waals surface area (Å²) in [6, 6.07) is 18.0. The Labute approximate surface area is 163 Å². The average Bonchev–Trinajstić information content (AvgIpc) is 3.15. The van der Waals surface area contributed by atoms with Gasteiger partial charge in [-0.25, -0.2) is 0 Å². The van der Waals surface area contributed by atoms with E-state index < -0.39 is 0 Å². The average molecular weight is 382 g/mol. The van der Waals surface area contributed by atoms with Crippen molar-refractivity contribution in [2.45, 2.75) is 37.2 Å². The Hall–Kier alpha value is -2.60. The topological polar surface area (TPSA) is 68.0 Å². The summed E-state index contributed by atoms with van der Waals surface area (Å²) in [7, 11) is 0. The van der Waals surface area contributed by atoms with Gasteiger partial charge in [-0.2, -0.15) is 0 Å². The maximum absolute atomic E-state index is 12.4. The van der Waals surface area contributed by atoms with Gasteiger partial charge in [-0.05, 0) is 37.0 Å². The van der Waals surface area contributed by atoms with Gasteiger partial charge in [0.15, 0.2) is 0 Å². The monoisotopic (exact) mass is 381 g/mol. The first kappa shape index (κ1) is 19.2. The summed E-state index contributed by atoms with van der Waals surface area (Å²) in [6.45, 7) is 6.52. The summed E-state index contributed by atoms with van der Waals surface area (Å²) in [5, 5.41) is 11.2. The maximum atomic E-state index is 12.4. The molecular formula is C21H23N3O2S. The van der Waals surface area contributed by atoms with Crippen molar-refractivity contribution in [3.8, 4) is 11.5 Å². The van der Waals surface area contributed by atoms with E-state index in [9.17, 15) is 4.79 Å². The quantitative estimate of drug-likeness (QED) is 0.613. The molecule has 0 aliphatic rings. The second-order valence-corrected chi connectivity index (χ2v) is 7.80. The van der Waals surface area contributed by atoms with Gasteiger partial charge >= 0.3 is 0 Å². The van der Waals surface area contributed by atoms with Crippen LogP contribution in [0.15, 0.2) is 64.2 Å². The van der Waals surface area contributed by atoms with Crippen LogP contribution in [0.1, 0.15) is 30.9 Å². The highest BCUT2D eigenvalue weighted by atomic mass is 32.2. The van der Waals surface area contributed by atoms with Crippen LogP contribution in [0.2, 0.25) is 0 Å². The fraction of sp³-hybridized carbons (Fsp3) is 0.286. The molecule has 0 radical (unpaired) electrons. The van der Waals surface area contributed by atoms with Crippen molar-refractivity contribution < 1.29 is 9.21 Å². The van der Waals surface area contributed by atoms with Crippen LogP contribution >= 0.6 is 11.8 Å². The predicted octanol–water partition coefficient (Wildman–Crippen LogP) is 4.45. The Morgan fingerprint density at radius 1 is 1.07 bits per heavy atom. The number of aryl methyl sites for hydroxylation is 1. The highest BCUT2D eigenvalue weighted by Crippen LogP contribution is 2.27. The van der Waals surface area contributed by atoms with Crippen LogP contribution in [0.5, 0.6) is 0 Å². The normalized spacial score (nSPS) is 13.1. The first-order valence-corrected chi connectivity index (χ1v) is 9.81. The van der Waals surface area contributed by atoms with E-state index in [1.54, 1.807) is 0 Å². The zero-order valence-electron chi connectivity index (χ0n) is 15.7. The Balaban J connectivity index is 1.55. The number of thioether (sulfide) groups is 1. The molecule has 3 rings (SSSR count). The van der Waals surface area contributed by atoms with Crippen LogP contribution in [-0.4, -0.2) is 27.9 Å². The van der Waals surface area contributed by atoms with Gasteiger partial charge in [-0.3, -0.25) is 4.79 Å². The molecule has 1 heterocycles. The number of rotatable bonds is 7. The lowest BCUT2D eigenvalue weighted by atomic mass is 10.0. The third kappa shape index (κ3) is 4.98. The van der Waals surface area contributed by atoms with Crippen LogP contribution in [0.25, 0.3) is 11.5 Å². The van der Waals surface area contributed by atoms with E-state index in [-0.39, 0.29) is 17.1 Å². The Bertz CT molecular complexity index is 895. The number of nitrogens with one attached hydrogen (secondary N) is 1. The smallest absolute Gasteiger partial charge is 0.277 e. The summed E-state index contributed by atoms with van der Waals surface area (Å²) >= 11 is 1.27. The lowest BCUT2D eigenvalue weighted by Gasteiger charge is -2.15. The molecule has 0 saturated carbocycles. The van der Waals surface area contributed by atoms with E-state index in [4.69, 9.17) is 4.42 Å². The highest BCUT2D eigenvalue weighted by molar-refractivity contribution is 8.00. The molecule has 2 atom stereocenters. The minimum absolute atomic E-state index is 0.0431. The number of aromatic nitrogens is 2. The van der Waals surface area contributed by atoms with Crippen LogP contribution in [-0.2, 0) is 4.79 Å². The Morgan fingerprint density at radius 3 is 2.52 bits per heavy atom. The summed E-state index contributed by atoms with van der Waals surface area (Å²) in [6.07, 6.45) is 0. The largest absolute Gasteiger partial charge is 0.411 e. The number of carbonyl (C=O) groups is 1. The third-order valence-corrected chi connectivity index (χ3v) is 5.31. The molecule has 140 valence electrons. The highest BCUT2D eigenvalue weighted by Gasteiger charge is 2.19. The molecule has 0 bridgehead atoms. The standard InChI is InChI=1S/C21H23N3O2S/c1-14-9-7-8-12-18(14)20-23-24-21(26-20)27-16(3)19(25)22-13-15(2)17-10-5-4-6-11-17/h4-12,15-16H,13H2,1-3H3,(H,22,25). The lowest BCUT2D eigenvalue weighted by molar-refractivity contribution is -0.120. The molecule has 0 spiro atoms. The van der Waals surface area contributed by atoms with E-state index >= 15 is 0 Å². The van der Waals surface area contributed by atoms with Crippen LogP contribution in [0.4, 0.5) is 0 Å². The lowest BCUT2D eigenvalue weighted by Crippen LogP contribution is -2.33. The minimum Gasteiger partial charge on any atom is -0.411 e. The molecule has 0 aliphatic heterocycles. The molecule has 0 saturated heterocycles. The van der Waals surface area contributed by atoms with Gasteiger partial charge in [-0.1, -0.05) is 67.2 Å². The van der Waals surface area contributed by atoms with E-state index in [1.165, 1.54) is 17.3 Å². The van der Waals surface area contributed by atoms with Gasteiger partial charge in [0, 0.05) is 12.1 Å². The number of amides is 1. The number of hydrogen-bond acceptors (Lipinski definition) is 5. The van der Waals surface area contributed by atoms with Crippen molar-refractivity contribution in [2.24, 2.45) is 0 Å². The molecule has 6 heteroatoms. The van der Waals surface area contributed by atoms with E-state index in [0.29, 0.717) is 17.7 Å². The van der Waals surface area contributed by atoms with Crippen molar-refractivity contribution >= 4 is 17.7 Å². The molecule has 1 N–H and O–H groups in total. The van der Waals surface area contributed by atoms with Crippen molar-refractivity contribution in [3.05, 3.63) is 65.7 Å². The molecule has 27 heavy (non-hydrogen) atoms. The van der Waals surface area contributed by atoms with E-state index in [0.717, 1.165) is 11.1 Å². The Morgan fingerprint density at radius 2 is 1.78 bits per heavy atom. The van der Waals surface area contributed by atoms with Crippen molar-refractivity contribution in [1.82, 2.24) is 15.5 Å². The van der Waals surface area contributed by atoms with Gasteiger partial charge in [0.05, 0.1) is 5.25 Å². The van der Waals surface area contributed by atoms with Crippen LogP contribution in [0, 0.1) is 6.92 Å². The fourth-order valence-electron chi connectivity index (χ4n) is 2.68. The first-order chi connectivity index (χ1) is 13.0. The zero-order chi connectivity index (χ0) is 19.2. The molecule has 5 nitrogen and oxygen atoms in total. The van der Waals surface area contributed by atoms with Gasteiger partial charge < -0.3 is 9.73 Å². The van der Waals surface area contributed by atoms with E-state index in [2.05, 4.69) is 34.6 Å². The van der Waals surface area contributed by atoms with Crippen LogP contribution in [0.3, 0.4) is 0 Å². The van der Waals surface area contributed by atoms with Crippen molar-refractivity contribution in [2.75, 3.05) is 6.54 Å². The second kappa shape index (κ2) is 8.86. The summed E-state index contributed by atoms with van der Waals surface area (Å²) in [5.74, 6) is 0.683. The second-order valence-electron chi connectivity index (χ2n) is 6.51. The molecule has 2 unspecified atom stereocenters. The Kier molecular flexibility index (Phi) is 6.29. The molecule has 0 aliphatic carbocycles. The molecule has 3 aromatic rings. The van der Waals surface area contributed by atoms with Crippen molar-refractivity contribution in [1.29, 1.82) is 0 Å². The van der Waals surface area contributed by atoms with Gasteiger partial charge in [0.2, 0.25) is 11.8 Å². The fourth-order valence-corrected chi connectivity index (χ4v) is 3.39. The summed E-state index contributed by atoms with van der Waals surface area (Å²) < 4.78 is 5.73. The van der Waals surface area contributed by atoms with Crippen LogP contribution < -0.4 is 5.32 Å². The van der Waals surface area contributed by atoms with Gasteiger partial charge in [0.1, 0.15) is 0 Å². The SMILES string of the molecule is Cc1ccccc1-c1nnc(SC(C)C(=O)NCC(C)c2ccccc2)o1. The number of benzene rings is 2. The minimum atomic E-state index is -0.321. The summed E-state index contributed by atoms with van der Waals surface area (Å²) in [4.78, 5) is 12.4. The molecule has 2 aromatic carbocycles. The molecule has 1 amide bonds. The number of carbonyl (C=O) groups excluding carboxylic acids is 1.